The van der Waals surface area contributed by atoms with Crippen LogP contribution in [0.4, 0.5) is 5.69 Å². The summed E-state index contributed by atoms with van der Waals surface area (Å²) in [6, 6.07) is 21.3. The molecule has 0 radical (unpaired) electrons. The van der Waals surface area contributed by atoms with Gasteiger partial charge in [0.1, 0.15) is 18.2 Å². The van der Waals surface area contributed by atoms with Crippen LogP contribution >= 0.6 is 22.6 Å². The normalized spacial score (nSPS) is 10.9. The van der Waals surface area contributed by atoms with Crippen LogP contribution in [0.2, 0.25) is 0 Å². The van der Waals surface area contributed by atoms with E-state index in [0.717, 1.165) is 21.1 Å². The van der Waals surface area contributed by atoms with Gasteiger partial charge in [0, 0.05) is 5.69 Å². The molecule has 0 atom stereocenters. The second kappa shape index (κ2) is 11.5. The molecule has 6 heteroatoms. The van der Waals surface area contributed by atoms with Gasteiger partial charge in [-0.25, -0.2) is 0 Å². The minimum absolute atomic E-state index is 0.00656. The van der Waals surface area contributed by atoms with Crippen molar-refractivity contribution >= 4 is 40.3 Å². The summed E-state index contributed by atoms with van der Waals surface area (Å²) in [5, 5.41) is 12.4. The monoisotopic (exact) mass is 552 g/mol. The highest BCUT2D eigenvalue weighted by Gasteiger charge is 2.15. The van der Waals surface area contributed by atoms with Crippen molar-refractivity contribution in [3.8, 4) is 17.6 Å². The Bertz CT molecular complexity index is 1210. The Morgan fingerprint density at radius 2 is 1.88 bits per heavy atom. The van der Waals surface area contributed by atoms with E-state index in [0.29, 0.717) is 29.4 Å². The molecule has 3 rings (SSSR count). The number of nitrogens with one attached hydrogen (secondary N) is 1. The van der Waals surface area contributed by atoms with Crippen LogP contribution in [-0.4, -0.2) is 13.0 Å². The Hall–Kier alpha value is -3.31. The molecule has 1 N–H and O–H groups in total. The van der Waals surface area contributed by atoms with Crippen LogP contribution in [0, 0.1) is 21.8 Å². The molecular weight excluding hydrogens is 527 g/mol. The molecule has 0 bridgehead atoms. The summed E-state index contributed by atoms with van der Waals surface area (Å²) in [6.45, 7) is 4.47. The molecule has 168 valence electrons. The lowest BCUT2D eigenvalue weighted by Gasteiger charge is -2.14. The molecule has 0 fully saturated rings. The van der Waals surface area contributed by atoms with Gasteiger partial charge < -0.3 is 14.8 Å². The van der Waals surface area contributed by atoms with E-state index in [1.165, 1.54) is 5.56 Å². The molecule has 1 amide bonds. The smallest absolute Gasteiger partial charge is 0.266 e. The average molecular weight is 552 g/mol. The van der Waals surface area contributed by atoms with Crippen LogP contribution in [-0.2, 0) is 17.8 Å². The van der Waals surface area contributed by atoms with E-state index in [2.05, 4.69) is 27.9 Å². The molecule has 3 aromatic carbocycles. The SMILES string of the molecule is CCc1ccccc1NC(=O)/C(C#N)=C/c1cc(I)c(OCc2ccc(C)cc2)c(OC)c1. The molecule has 0 saturated heterocycles. The number of amides is 1. The number of nitriles is 1. The number of benzene rings is 3. The van der Waals surface area contributed by atoms with Crippen molar-refractivity contribution in [2.75, 3.05) is 12.4 Å². The molecule has 0 unspecified atom stereocenters. The zero-order chi connectivity index (χ0) is 23.8. The molecule has 0 aliphatic carbocycles. The van der Waals surface area contributed by atoms with Gasteiger partial charge in [0.15, 0.2) is 11.5 Å². The van der Waals surface area contributed by atoms with Crippen molar-refractivity contribution in [3.63, 3.8) is 0 Å². The van der Waals surface area contributed by atoms with Crippen molar-refractivity contribution in [1.29, 1.82) is 5.26 Å². The quantitative estimate of drug-likeness (QED) is 0.203. The van der Waals surface area contributed by atoms with Crippen LogP contribution < -0.4 is 14.8 Å². The van der Waals surface area contributed by atoms with Crippen LogP contribution in [0.3, 0.4) is 0 Å². The third-order valence-electron chi connectivity index (χ3n) is 5.08. The van der Waals surface area contributed by atoms with Crippen LogP contribution in [0.15, 0.2) is 66.2 Å². The number of anilines is 1. The first kappa shape index (κ1) is 24.3. The number of carbonyl (C=O) groups excluding carboxylic acids is 1. The Kier molecular flexibility index (Phi) is 8.50. The summed E-state index contributed by atoms with van der Waals surface area (Å²) in [6.07, 6.45) is 2.33. The van der Waals surface area contributed by atoms with E-state index >= 15 is 0 Å². The van der Waals surface area contributed by atoms with E-state index in [9.17, 15) is 10.1 Å². The Morgan fingerprint density at radius 1 is 1.15 bits per heavy atom. The molecule has 33 heavy (non-hydrogen) atoms. The number of methoxy groups -OCH3 is 1. The van der Waals surface area contributed by atoms with Gasteiger partial charge in [0.05, 0.1) is 10.7 Å². The summed E-state index contributed by atoms with van der Waals surface area (Å²) < 4.78 is 12.4. The second-order valence-corrected chi connectivity index (χ2v) is 8.61. The first-order valence-electron chi connectivity index (χ1n) is 10.5. The Labute approximate surface area is 208 Å². The summed E-state index contributed by atoms with van der Waals surface area (Å²) in [4.78, 5) is 12.7. The maximum absolute atomic E-state index is 12.7. The first-order valence-corrected chi connectivity index (χ1v) is 11.6. The van der Waals surface area contributed by atoms with Gasteiger partial charge in [0.25, 0.3) is 5.91 Å². The molecule has 0 aromatic heterocycles. The second-order valence-electron chi connectivity index (χ2n) is 7.44. The first-order chi connectivity index (χ1) is 15.9. The predicted octanol–water partition coefficient (Wildman–Crippen LogP) is 6.30. The van der Waals surface area contributed by atoms with Gasteiger partial charge in [-0.2, -0.15) is 5.26 Å². The van der Waals surface area contributed by atoms with Crippen molar-refractivity contribution in [3.05, 3.63) is 92.1 Å². The maximum atomic E-state index is 12.7. The fraction of sp³-hybridized carbons (Fsp3) is 0.185. The van der Waals surface area contributed by atoms with E-state index in [1.807, 2.05) is 74.5 Å². The highest BCUT2D eigenvalue weighted by atomic mass is 127. The molecule has 3 aromatic rings. The fourth-order valence-corrected chi connectivity index (χ4v) is 4.04. The van der Waals surface area contributed by atoms with E-state index in [4.69, 9.17) is 9.47 Å². The minimum Gasteiger partial charge on any atom is -0.493 e. The predicted molar refractivity (Wildman–Crippen MR) is 139 cm³/mol. The molecule has 0 aliphatic rings. The van der Waals surface area contributed by atoms with E-state index in [-0.39, 0.29) is 5.57 Å². The zero-order valence-electron chi connectivity index (χ0n) is 18.8. The van der Waals surface area contributed by atoms with Crippen molar-refractivity contribution < 1.29 is 14.3 Å². The molecule has 0 aliphatic heterocycles. The topological polar surface area (TPSA) is 71.4 Å². The number of ether oxygens (including phenoxy) is 2. The number of hydrogen-bond acceptors (Lipinski definition) is 4. The number of aryl methyl sites for hydroxylation is 2. The van der Waals surface area contributed by atoms with Crippen molar-refractivity contribution in [2.24, 2.45) is 0 Å². The number of rotatable bonds is 8. The summed E-state index contributed by atoms with van der Waals surface area (Å²) >= 11 is 2.17. The number of halogens is 1. The van der Waals surface area contributed by atoms with Crippen molar-refractivity contribution in [1.82, 2.24) is 0 Å². The Balaban J connectivity index is 1.82. The van der Waals surface area contributed by atoms with Gasteiger partial charge >= 0.3 is 0 Å². The maximum Gasteiger partial charge on any atom is 0.266 e. The number of carbonyl (C=O) groups is 1. The van der Waals surface area contributed by atoms with E-state index < -0.39 is 5.91 Å². The lowest BCUT2D eigenvalue weighted by Crippen LogP contribution is -2.14. The number of para-hydroxylation sites is 1. The van der Waals surface area contributed by atoms with Gasteiger partial charge in [0.2, 0.25) is 0 Å². The third-order valence-corrected chi connectivity index (χ3v) is 5.88. The van der Waals surface area contributed by atoms with Gasteiger partial charge in [-0.15, -0.1) is 0 Å². The molecule has 5 nitrogen and oxygen atoms in total. The van der Waals surface area contributed by atoms with E-state index in [1.54, 1.807) is 19.3 Å². The number of hydrogen-bond donors (Lipinski definition) is 1. The standard InChI is InChI=1S/C27H25IN2O3/c1-4-21-7-5-6-8-24(21)30-27(31)22(16-29)13-20-14-23(28)26(25(15-20)32-3)33-17-19-11-9-18(2)10-12-19/h5-15H,4,17H2,1-3H3,(H,30,31)/b22-13+. The van der Waals surface area contributed by atoms with Crippen molar-refractivity contribution in [2.45, 2.75) is 26.9 Å². The summed E-state index contributed by atoms with van der Waals surface area (Å²) in [5.74, 6) is 0.706. The van der Waals surface area contributed by atoms with Crippen LogP contribution in [0.5, 0.6) is 11.5 Å². The highest BCUT2D eigenvalue weighted by molar-refractivity contribution is 14.1. The lowest BCUT2D eigenvalue weighted by molar-refractivity contribution is -0.112. The highest BCUT2D eigenvalue weighted by Crippen LogP contribution is 2.35. The fourth-order valence-electron chi connectivity index (χ4n) is 3.26. The van der Waals surface area contributed by atoms with Crippen LogP contribution in [0.25, 0.3) is 6.08 Å². The van der Waals surface area contributed by atoms with Gasteiger partial charge in [-0.3, -0.25) is 4.79 Å². The Morgan fingerprint density at radius 3 is 2.55 bits per heavy atom. The third kappa shape index (κ3) is 6.36. The summed E-state index contributed by atoms with van der Waals surface area (Å²) in [5.41, 5.74) is 4.64. The molecule has 0 spiro atoms. The molecular formula is C27H25IN2O3. The number of nitrogens with zero attached hydrogens (tertiary/aromatic N) is 1. The largest absolute Gasteiger partial charge is 0.493 e. The molecule has 0 saturated carbocycles. The average Bonchev–Trinajstić information content (AvgIpc) is 2.82. The minimum atomic E-state index is -0.452. The van der Waals surface area contributed by atoms with Crippen LogP contribution in [0.1, 0.15) is 29.2 Å². The molecule has 0 heterocycles. The summed E-state index contributed by atoms with van der Waals surface area (Å²) in [7, 11) is 1.57. The zero-order valence-corrected chi connectivity index (χ0v) is 21.0. The van der Waals surface area contributed by atoms with Gasteiger partial charge in [-0.1, -0.05) is 55.0 Å². The van der Waals surface area contributed by atoms with Gasteiger partial charge in [-0.05, 0) is 76.9 Å². The lowest BCUT2D eigenvalue weighted by atomic mass is 10.1.